The van der Waals surface area contributed by atoms with Crippen molar-refractivity contribution in [1.29, 1.82) is 0 Å². The summed E-state index contributed by atoms with van der Waals surface area (Å²) in [4.78, 5) is 0. The molecule has 0 amide bonds. The quantitative estimate of drug-likeness (QED) is 0.532. The second-order valence-electron chi connectivity index (χ2n) is 3.75. The van der Waals surface area contributed by atoms with Crippen molar-refractivity contribution in [3.05, 3.63) is 33.4 Å². The molecule has 0 saturated heterocycles. The molecule has 0 radical (unpaired) electrons. The molecule has 0 aliphatic carbocycles. The first kappa shape index (κ1) is 12.3. The fraction of sp³-hybridized carbons (Fsp3) is 0.500. The molecule has 13 heavy (non-hydrogen) atoms. The Kier molecular flexibility index (Phi) is 3.78. The summed E-state index contributed by atoms with van der Waals surface area (Å²) in [5, 5.41) is 0. The zero-order valence-electron chi connectivity index (χ0n) is 9.00. The first-order chi connectivity index (χ1) is 5.46. The van der Waals surface area contributed by atoms with Gasteiger partial charge in [-0.3, -0.25) is 0 Å². The largest absolute Gasteiger partial charge is 0.0626 e. The number of hydrogen-bond donors (Lipinski definition) is 0. The van der Waals surface area contributed by atoms with Crippen molar-refractivity contribution in [1.82, 2.24) is 0 Å². The van der Waals surface area contributed by atoms with Crippen molar-refractivity contribution in [3.63, 3.8) is 0 Å². The Morgan fingerprint density at radius 2 is 0.462 bits per heavy atom. The summed E-state index contributed by atoms with van der Waals surface area (Å²) in [5.74, 6) is 0. The SMILES string of the molecule is Cc1c(C)c(C)c(C)c(C)c1C.[BH4-]. The maximum absolute atomic E-state index is 2.21. The van der Waals surface area contributed by atoms with Crippen LogP contribution in [0.3, 0.4) is 0 Å². The normalized spacial score (nSPS) is 9.69. The Balaban J connectivity index is 0.00000144. The summed E-state index contributed by atoms with van der Waals surface area (Å²) in [6.07, 6.45) is 0. The molecule has 0 aromatic heterocycles. The molecule has 1 aromatic rings. The van der Waals surface area contributed by atoms with Crippen LogP contribution in [0.5, 0.6) is 0 Å². The van der Waals surface area contributed by atoms with Gasteiger partial charge in [-0.1, -0.05) is 8.41 Å². The molecule has 0 aliphatic rings. The lowest BCUT2D eigenvalue weighted by Gasteiger charge is -2.15. The third-order valence-corrected chi connectivity index (χ3v) is 3.38. The molecule has 0 aliphatic heterocycles. The van der Waals surface area contributed by atoms with Crippen LogP contribution in [0.25, 0.3) is 0 Å². The molecule has 0 N–H and O–H groups in total. The Labute approximate surface area is 83.9 Å². The molecule has 0 saturated carbocycles. The summed E-state index contributed by atoms with van der Waals surface area (Å²) < 4.78 is 0. The highest BCUT2D eigenvalue weighted by atomic mass is 14.1. The van der Waals surface area contributed by atoms with E-state index >= 15 is 0 Å². The lowest BCUT2D eigenvalue weighted by molar-refractivity contribution is 1.13. The van der Waals surface area contributed by atoms with E-state index in [1.54, 1.807) is 0 Å². The van der Waals surface area contributed by atoms with Crippen molar-refractivity contribution < 1.29 is 0 Å². The van der Waals surface area contributed by atoms with Gasteiger partial charge in [-0.15, -0.1) is 0 Å². The third kappa shape index (κ3) is 1.79. The van der Waals surface area contributed by atoms with E-state index in [2.05, 4.69) is 41.5 Å². The summed E-state index contributed by atoms with van der Waals surface area (Å²) >= 11 is 0. The fourth-order valence-electron chi connectivity index (χ4n) is 1.69. The Morgan fingerprint density at radius 1 is 0.385 bits per heavy atom. The van der Waals surface area contributed by atoms with Gasteiger partial charge in [0.15, 0.2) is 0 Å². The van der Waals surface area contributed by atoms with Crippen molar-refractivity contribution in [2.75, 3.05) is 0 Å². The van der Waals surface area contributed by atoms with Crippen LogP contribution in [0.4, 0.5) is 0 Å². The molecule has 1 rings (SSSR count). The predicted molar refractivity (Wildman–Crippen MR) is 66.2 cm³/mol. The summed E-state index contributed by atoms with van der Waals surface area (Å²) in [5.41, 5.74) is 8.73. The van der Waals surface area contributed by atoms with Crippen molar-refractivity contribution >= 4 is 8.41 Å². The standard InChI is InChI=1S/C12H18.BH4/c1-7-8(2)10(4)12(6)11(5)9(7)3;/h1-6H3;1H4/q;-1. The van der Waals surface area contributed by atoms with Gasteiger partial charge in [-0.25, -0.2) is 0 Å². The van der Waals surface area contributed by atoms with Crippen LogP contribution in [0.15, 0.2) is 0 Å². The average Bonchev–Trinajstić information content (AvgIpc) is 2.08. The molecule has 0 unspecified atom stereocenters. The van der Waals surface area contributed by atoms with E-state index in [0.29, 0.717) is 0 Å². The van der Waals surface area contributed by atoms with Crippen LogP contribution in [-0.4, -0.2) is 8.41 Å². The lowest BCUT2D eigenvalue weighted by atomic mass is 9.90. The molecular weight excluding hydrogens is 155 g/mol. The van der Waals surface area contributed by atoms with Gasteiger partial charge in [0.1, 0.15) is 0 Å². The van der Waals surface area contributed by atoms with E-state index in [1.165, 1.54) is 33.4 Å². The van der Waals surface area contributed by atoms with E-state index in [4.69, 9.17) is 0 Å². The number of benzene rings is 1. The molecule has 0 atom stereocenters. The van der Waals surface area contributed by atoms with E-state index in [9.17, 15) is 0 Å². The second kappa shape index (κ2) is 4.00. The minimum atomic E-state index is 0. The van der Waals surface area contributed by atoms with E-state index in [1.807, 2.05) is 0 Å². The average molecular weight is 177 g/mol. The highest BCUT2D eigenvalue weighted by molar-refractivity contribution is 5.75. The zero-order valence-corrected chi connectivity index (χ0v) is 9.00. The summed E-state index contributed by atoms with van der Waals surface area (Å²) in [7, 11) is 0. The molecule has 0 nitrogen and oxygen atoms in total. The summed E-state index contributed by atoms with van der Waals surface area (Å²) in [6, 6.07) is 0. The lowest BCUT2D eigenvalue weighted by Crippen LogP contribution is -1.98. The van der Waals surface area contributed by atoms with E-state index in [-0.39, 0.29) is 8.41 Å². The van der Waals surface area contributed by atoms with Gasteiger partial charge in [-0.05, 0) is 74.9 Å². The first-order valence-electron chi connectivity index (χ1n) is 4.50. The van der Waals surface area contributed by atoms with Crippen LogP contribution in [0.1, 0.15) is 33.4 Å². The Morgan fingerprint density at radius 3 is 0.538 bits per heavy atom. The van der Waals surface area contributed by atoms with E-state index < -0.39 is 0 Å². The van der Waals surface area contributed by atoms with Crippen LogP contribution in [0.2, 0.25) is 0 Å². The zero-order chi connectivity index (χ0) is 9.46. The van der Waals surface area contributed by atoms with Gasteiger partial charge >= 0.3 is 0 Å². The van der Waals surface area contributed by atoms with Gasteiger partial charge in [0.05, 0.1) is 0 Å². The topological polar surface area (TPSA) is 0 Å². The third-order valence-electron chi connectivity index (χ3n) is 3.38. The van der Waals surface area contributed by atoms with Crippen LogP contribution in [-0.2, 0) is 0 Å². The second-order valence-corrected chi connectivity index (χ2v) is 3.75. The fourth-order valence-corrected chi connectivity index (χ4v) is 1.69. The van der Waals surface area contributed by atoms with Crippen LogP contribution in [0, 0.1) is 41.5 Å². The molecule has 1 aromatic carbocycles. The van der Waals surface area contributed by atoms with Gasteiger partial charge in [-0.2, -0.15) is 0 Å². The van der Waals surface area contributed by atoms with Crippen LogP contribution >= 0.6 is 0 Å². The molecule has 0 heterocycles. The maximum atomic E-state index is 2.21. The molecule has 0 spiro atoms. The first-order valence-corrected chi connectivity index (χ1v) is 4.50. The van der Waals surface area contributed by atoms with Gasteiger partial charge < -0.3 is 0 Å². The van der Waals surface area contributed by atoms with E-state index in [0.717, 1.165) is 0 Å². The molecular formula is C12H22B-. The number of hydrogen-bond acceptors (Lipinski definition) is 0. The van der Waals surface area contributed by atoms with Gasteiger partial charge in [0.25, 0.3) is 0 Å². The highest BCUT2D eigenvalue weighted by Gasteiger charge is 2.07. The van der Waals surface area contributed by atoms with Crippen LogP contribution < -0.4 is 0 Å². The summed E-state index contributed by atoms with van der Waals surface area (Å²) in [6.45, 7) is 13.3. The molecule has 74 valence electrons. The minimum absolute atomic E-state index is 0. The van der Waals surface area contributed by atoms with Crippen molar-refractivity contribution in [3.8, 4) is 0 Å². The maximum Gasteiger partial charge on any atom is -0.0392 e. The molecule has 0 bridgehead atoms. The Bertz CT molecular complexity index is 219. The predicted octanol–water partition coefficient (Wildman–Crippen LogP) is 2.09. The monoisotopic (exact) mass is 177 g/mol. The smallest absolute Gasteiger partial charge is 0.0392 e. The Hall–Kier alpha value is -0.715. The highest BCUT2D eigenvalue weighted by Crippen LogP contribution is 2.24. The van der Waals surface area contributed by atoms with Crippen molar-refractivity contribution in [2.24, 2.45) is 0 Å². The number of rotatable bonds is 0. The van der Waals surface area contributed by atoms with Gasteiger partial charge in [0, 0.05) is 0 Å². The minimum Gasteiger partial charge on any atom is -0.0626 e. The molecule has 0 fully saturated rings. The molecule has 1 heteroatoms. The van der Waals surface area contributed by atoms with Gasteiger partial charge in [0.2, 0.25) is 0 Å². The van der Waals surface area contributed by atoms with Crippen molar-refractivity contribution in [2.45, 2.75) is 41.5 Å².